The number of hydrogen-bond acceptors (Lipinski definition) is 6. The molecule has 1 fully saturated rings. The summed E-state index contributed by atoms with van der Waals surface area (Å²) in [5.41, 5.74) is 1.14. The zero-order chi connectivity index (χ0) is 17.9. The fourth-order valence-corrected chi connectivity index (χ4v) is 3.04. The van der Waals surface area contributed by atoms with Gasteiger partial charge in [-0.15, -0.1) is 0 Å². The van der Waals surface area contributed by atoms with Gasteiger partial charge in [0.1, 0.15) is 17.4 Å². The number of aliphatic hydroxyl groups is 1. The fraction of sp³-hybridized carbons (Fsp3) is 0.647. The average Bonchev–Trinajstić information content (AvgIpc) is 2.75. The van der Waals surface area contributed by atoms with Crippen LogP contribution in [0.2, 0.25) is 0 Å². The van der Waals surface area contributed by atoms with Crippen molar-refractivity contribution in [3.63, 3.8) is 0 Å². The van der Waals surface area contributed by atoms with Crippen LogP contribution in [-0.4, -0.2) is 65.7 Å². The van der Waals surface area contributed by atoms with Crippen LogP contribution in [0.5, 0.6) is 0 Å². The molecule has 7 heteroatoms. The van der Waals surface area contributed by atoms with Crippen LogP contribution in [0.15, 0.2) is 4.42 Å². The molecule has 0 unspecified atom stereocenters. The molecule has 0 radical (unpaired) electrons. The van der Waals surface area contributed by atoms with Crippen molar-refractivity contribution in [2.24, 2.45) is 0 Å². The number of β-amino-alcohol motifs (C(OH)–C–C–N with tert-alkyl or cyclic N) is 1. The van der Waals surface area contributed by atoms with Gasteiger partial charge in [-0.25, -0.2) is 0 Å². The molecule has 0 saturated carbocycles. The van der Waals surface area contributed by atoms with E-state index in [1.54, 1.807) is 20.8 Å². The molecule has 2 heterocycles. The zero-order valence-electron chi connectivity index (χ0n) is 14.8. The first-order valence-electron chi connectivity index (χ1n) is 8.26. The normalized spacial score (nSPS) is 20.6. The lowest BCUT2D eigenvalue weighted by molar-refractivity contribution is -0.118. The van der Waals surface area contributed by atoms with Crippen molar-refractivity contribution in [3.8, 4) is 6.07 Å². The third-order valence-electron chi connectivity index (χ3n) is 4.47. The van der Waals surface area contributed by atoms with Gasteiger partial charge in [0, 0.05) is 37.8 Å². The van der Waals surface area contributed by atoms with Crippen LogP contribution in [0.4, 0.5) is 5.88 Å². The fourth-order valence-electron chi connectivity index (χ4n) is 3.04. The number of carbonyl (C=O) groups is 1. The molecule has 1 aromatic rings. The highest BCUT2D eigenvalue weighted by molar-refractivity contribution is 5.92. The van der Waals surface area contributed by atoms with Crippen LogP contribution < -0.4 is 5.32 Å². The standard InChI is InChI=1S/C17H26N4O3/c1-11-8-20(5-6-21(11)9-12(2)22)10-16(23)19-17-15(7-18)13(3)14(4)24-17/h11-12,22H,5-6,8-10H2,1-4H3,(H,19,23)/t11-,12+/m0/s1. The van der Waals surface area contributed by atoms with Crippen LogP contribution in [-0.2, 0) is 4.79 Å². The number of piperazine rings is 1. The number of aryl methyl sites for hydroxylation is 1. The van der Waals surface area contributed by atoms with Crippen LogP contribution >= 0.6 is 0 Å². The first-order valence-corrected chi connectivity index (χ1v) is 8.26. The van der Waals surface area contributed by atoms with Gasteiger partial charge in [0.25, 0.3) is 0 Å². The summed E-state index contributed by atoms with van der Waals surface area (Å²) < 4.78 is 5.47. The second kappa shape index (κ2) is 7.79. The summed E-state index contributed by atoms with van der Waals surface area (Å²) in [5.74, 6) is 0.692. The average molecular weight is 334 g/mol. The van der Waals surface area contributed by atoms with E-state index in [-0.39, 0.29) is 30.5 Å². The van der Waals surface area contributed by atoms with Crippen LogP contribution in [0.25, 0.3) is 0 Å². The molecule has 2 N–H and O–H groups in total. The highest BCUT2D eigenvalue weighted by Gasteiger charge is 2.26. The van der Waals surface area contributed by atoms with E-state index in [4.69, 9.17) is 4.42 Å². The Morgan fingerprint density at radius 3 is 2.79 bits per heavy atom. The summed E-state index contributed by atoms with van der Waals surface area (Å²) in [6, 6.07) is 2.35. The van der Waals surface area contributed by atoms with Gasteiger partial charge in [-0.3, -0.25) is 19.9 Å². The number of anilines is 1. The van der Waals surface area contributed by atoms with E-state index in [1.165, 1.54) is 0 Å². The van der Waals surface area contributed by atoms with E-state index in [2.05, 4.69) is 28.1 Å². The van der Waals surface area contributed by atoms with E-state index in [0.717, 1.165) is 25.2 Å². The van der Waals surface area contributed by atoms with Crippen molar-refractivity contribution < 1.29 is 14.3 Å². The molecule has 0 spiro atoms. The van der Waals surface area contributed by atoms with Crippen molar-refractivity contribution in [2.75, 3.05) is 38.0 Å². The highest BCUT2D eigenvalue weighted by atomic mass is 16.4. The molecule has 132 valence electrons. The summed E-state index contributed by atoms with van der Waals surface area (Å²) in [6.07, 6.45) is -0.350. The number of aliphatic hydroxyl groups excluding tert-OH is 1. The number of nitrogens with zero attached hydrogens (tertiary/aromatic N) is 3. The number of amides is 1. The third kappa shape index (κ3) is 4.35. The van der Waals surface area contributed by atoms with Crippen LogP contribution in [0.1, 0.15) is 30.7 Å². The quantitative estimate of drug-likeness (QED) is 0.837. The van der Waals surface area contributed by atoms with Crippen molar-refractivity contribution in [2.45, 2.75) is 39.8 Å². The smallest absolute Gasteiger partial charge is 0.240 e. The topological polar surface area (TPSA) is 92.7 Å². The molecule has 0 bridgehead atoms. The molecule has 0 aliphatic carbocycles. The number of rotatable bonds is 5. The Kier molecular flexibility index (Phi) is 5.99. The van der Waals surface area contributed by atoms with Crippen molar-refractivity contribution in [1.82, 2.24) is 9.80 Å². The molecule has 1 saturated heterocycles. The van der Waals surface area contributed by atoms with E-state index < -0.39 is 0 Å². The maximum atomic E-state index is 12.3. The van der Waals surface area contributed by atoms with Gasteiger partial charge in [-0.05, 0) is 27.7 Å². The third-order valence-corrected chi connectivity index (χ3v) is 4.47. The van der Waals surface area contributed by atoms with Gasteiger partial charge in [0.2, 0.25) is 11.8 Å². The predicted molar refractivity (Wildman–Crippen MR) is 90.7 cm³/mol. The predicted octanol–water partition coefficient (Wildman–Crippen LogP) is 1.09. The minimum absolute atomic E-state index is 0.184. The van der Waals surface area contributed by atoms with Crippen LogP contribution in [0.3, 0.4) is 0 Å². The van der Waals surface area contributed by atoms with Gasteiger partial charge < -0.3 is 9.52 Å². The Balaban J connectivity index is 1.90. The molecule has 24 heavy (non-hydrogen) atoms. The van der Waals surface area contributed by atoms with E-state index in [9.17, 15) is 15.2 Å². The summed E-state index contributed by atoms with van der Waals surface area (Å²) in [7, 11) is 0. The first-order chi connectivity index (χ1) is 11.3. The summed E-state index contributed by atoms with van der Waals surface area (Å²) >= 11 is 0. The molecule has 2 atom stereocenters. The Morgan fingerprint density at radius 1 is 1.50 bits per heavy atom. The van der Waals surface area contributed by atoms with Crippen LogP contribution in [0, 0.1) is 25.2 Å². The Labute approximate surface area is 142 Å². The van der Waals surface area contributed by atoms with Crippen molar-refractivity contribution in [1.29, 1.82) is 5.26 Å². The van der Waals surface area contributed by atoms with Gasteiger partial charge >= 0.3 is 0 Å². The molecule has 1 aliphatic rings. The molecule has 1 amide bonds. The number of hydrogen-bond donors (Lipinski definition) is 2. The van der Waals surface area contributed by atoms with Crippen molar-refractivity contribution >= 4 is 11.8 Å². The number of furan rings is 1. The van der Waals surface area contributed by atoms with E-state index in [1.807, 2.05) is 0 Å². The maximum absolute atomic E-state index is 12.3. The van der Waals surface area contributed by atoms with Crippen molar-refractivity contribution in [3.05, 3.63) is 16.9 Å². The monoisotopic (exact) mass is 334 g/mol. The maximum Gasteiger partial charge on any atom is 0.240 e. The number of nitrogens with one attached hydrogen (secondary N) is 1. The van der Waals surface area contributed by atoms with Gasteiger partial charge in [0.05, 0.1) is 12.6 Å². The molecule has 1 aromatic heterocycles. The molecule has 1 aliphatic heterocycles. The van der Waals surface area contributed by atoms with E-state index in [0.29, 0.717) is 17.9 Å². The first kappa shape index (κ1) is 18.5. The number of nitriles is 1. The lowest BCUT2D eigenvalue weighted by Gasteiger charge is -2.40. The Morgan fingerprint density at radius 2 is 2.21 bits per heavy atom. The minimum atomic E-state index is -0.350. The zero-order valence-corrected chi connectivity index (χ0v) is 14.8. The summed E-state index contributed by atoms with van der Waals surface area (Å²) in [6.45, 7) is 10.7. The summed E-state index contributed by atoms with van der Waals surface area (Å²) in [4.78, 5) is 16.6. The SMILES string of the molecule is Cc1oc(NC(=O)CN2CCN(C[C@@H](C)O)[C@@H](C)C2)c(C#N)c1C. The second-order valence-corrected chi connectivity index (χ2v) is 6.58. The summed E-state index contributed by atoms with van der Waals surface area (Å²) in [5, 5.41) is 21.4. The van der Waals surface area contributed by atoms with Gasteiger partial charge in [-0.1, -0.05) is 0 Å². The lowest BCUT2D eigenvalue weighted by atomic mass is 10.1. The number of carbonyl (C=O) groups excluding carboxylic acids is 1. The Hall–Kier alpha value is -1.88. The largest absolute Gasteiger partial charge is 0.444 e. The second-order valence-electron chi connectivity index (χ2n) is 6.58. The van der Waals surface area contributed by atoms with E-state index >= 15 is 0 Å². The minimum Gasteiger partial charge on any atom is -0.444 e. The molecule has 0 aromatic carbocycles. The highest BCUT2D eigenvalue weighted by Crippen LogP contribution is 2.25. The Bertz CT molecular complexity index is 633. The van der Waals surface area contributed by atoms with Gasteiger partial charge in [0.15, 0.2) is 0 Å². The molecular weight excluding hydrogens is 308 g/mol. The molecule has 7 nitrogen and oxygen atoms in total. The van der Waals surface area contributed by atoms with Gasteiger partial charge in [-0.2, -0.15) is 5.26 Å². The molecule has 2 rings (SSSR count). The lowest BCUT2D eigenvalue weighted by Crippen LogP contribution is -2.54. The molecular formula is C17H26N4O3.